The Bertz CT molecular complexity index is 645. The third kappa shape index (κ3) is 4.33. The summed E-state index contributed by atoms with van der Waals surface area (Å²) in [6.45, 7) is 10.7. The number of rotatable bonds is 3. The lowest BCUT2D eigenvalue weighted by Gasteiger charge is -2.20. The molecule has 0 spiro atoms. The fourth-order valence-corrected chi connectivity index (χ4v) is 1.99. The first-order valence-corrected chi connectivity index (χ1v) is 7.11. The smallest absolute Gasteiger partial charge is 0.159 e. The molecule has 0 bridgehead atoms. The van der Waals surface area contributed by atoms with Gasteiger partial charge in [-0.3, -0.25) is 0 Å². The molecule has 3 nitrogen and oxygen atoms in total. The van der Waals surface area contributed by atoms with Gasteiger partial charge in [-0.2, -0.15) is 0 Å². The summed E-state index contributed by atoms with van der Waals surface area (Å²) in [6, 6.07) is 6.94. The average Bonchev–Trinajstić information content (AvgIpc) is 2.38. The molecule has 0 unspecified atom stereocenters. The van der Waals surface area contributed by atoms with Gasteiger partial charge in [0.25, 0.3) is 0 Å². The molecule has 21 heavy (non-hydrogen) atoms. The average molecular weight is 287 g/mol. The van der Waals surface area contributed by atoms with Gasteiger partial charge in [0.05, 0.1) is 5.69 Å². The molecule has 112 valence electrons. The maximum atomic E-state index is 13.4. The molecule has 2 aromatic rings. The van der Waals surface area contributed by atoms with Crippen LogP contribution in [0.4, 0.5) is 4.39 Å². The van der Waals surface area contributed by atoms with Crippen LogP contribution in [0.2, 0.25) is 0 Å². The van der Waals surface area contributed by atoms with Crippen molar-refractivity contribution in [2.75, 3.05) is 0 Å². The van der Waals surface area contributed by atoms with Gasteiger partial charge < -0.3 is 5.32 Å². The normalized spacial score (nSPS) is 11.7. The standard InChI is InChI=1S/C17H22FN3/c1-11-8-13(6-7-15(11)18)16-20-12(2)9-14(21-16)10-19-17(3,4)5/h6-9,19H,10H2,1-5H3. The molecule has 1 heterocycles. The number of aromatic nitrogens is 2. The largest absolute Gasteiger partial charge is 0.306 e. The Morgan fingerprint density at radius 1 is 1.10 bits per heavy atom. The van der Waals surface area contributed by atoms with Crippen LogP contribution >= 0.6 is 0 Å². The Morgan fingerprint density at radius 3 is 2.43 bits per heavy atom. The minimum atomic E-state index is -0.207. The molecule has 0 fully saturated rings. The minimum absolute atomic E-state index is 0.0332. The van der Waals surface area contributed by atoms with E-state index in [1.54, 1.807) is 19.1 Å². The highest BCUT2D eigenvalue weighted by molar-refractivity contribution is 5.56. The van der Waals surface area contributed by atoms with Crippen LogP contribution in [0.25, 0.3) is 11.4 Å². The van der Waals surface area contributed by atoms with Gasteiger partial charge >= 0.3 is 0 Å². The summed E-state index contributed by atoms with van der Waals surface area (Å²) in [7, 11) is 0. The van der Waals surface area contributed by atoms with Crippen LogP contribution < -0.4 is 5.32 Å². The minimum Gasteiger partial charge on any atom is -0.306 e. The lowest BCUT2D eigenvalue weighted by atomic mass is 10.1. The van der Waals surface area contributed by atoms with E-state index in [0.717, 1.165) is 17.0 Å². The van der Waals surface area contributed by atoms with E-state index in [-0.39, 0.29) is 11.4 Å². The van der Waals surface area contributed by atoms with E-state index >= 15 is 0 Å². The number of nitrogens with one attached hydrogen (secondary N) is 1. The molecule has 0 radical (unpaired) electrons. The molecule has 1 N–H and O–H groups in total. The van der Waals surface area contributed by atoms with Crippen LogP contribution in [0.15, 0.2) is 24.3 Å². The van der Waals surface area contributed by atoms with E-state index in [0.29, 0.717) is 17.9 Å². The summed E-state index contributed by atoms with van der Waals surface area (Å²) < 4.78 is 13.4. The van der Waals surface area contributed by atoms with E-state index in [1.165, 1.54) is 6.07 Å². The van der Waals surface area contributed by atoms with Gasteiger partial charge in [0.15, 0.2) is 5.82 Å². The Morgan fingerprint density at radius 2 is 1.81 bits per heavy atom. The topological polar surface area (TPSA) is 37.8 Å². The van der Waals surface area contributed by atoms with Crippen LogP contribution in [0, 0.1) is 19.7 Å². The lowest BCUT2D eigenvalue weighted by molar-refractivity contribution is 0.421. The second kappa shape index (κ2) is 5.90. The highest BCUT2D eigenvalue weighted by Gasteiger charge is 2.11. The molecule has 0 atom stereocenters. The van der Waals surface area contributed by atoms with Gasteiger partial charge in [-0.1, -0.05) is 0 Å². The van der Waals surface area contributed by atoms with Crippen LogP contribution in [0.5, 0.6) is 0 Å². The van der Waals surface area contributed by atoms with Crippen LogP contribution in [0.1, 0.15) is 37.7 Å². The second-order valence-corrected chi connectivity index (χ2v) is 6.39. The molecule has 0 saturated carbocycles. The van der Waals surface area contributed by atoms with Gasteiger partial charge in [-0.25, -0.2) is 14.4 Å². The van der Waals surface area contributed by atoms with Crippen LogP contribution in [-0.2, 0) is 6.54 Å². The number of halogens is 1. The van der Waals surface area contributed by atoms with Crippen molar-refractivity contribution < 1.29 is 4.39 Å². The Labute approximate surface area is 125 Å². The van der Waals surface area contributed by atoms with Crippen molar-refractivity contribution in [3.05, 3.63) is 47.0 Å². The molecule has 1 aromatic heterocycles. The monoisotopic (exact) mass is 287 g/mol. The van der Waals surface area contributed by atoms with Crippen molar-refractivity contribution in [2.24, 2.45) is 0 Å². The first-order valence-electron chi connectivity index (χ1n) is 7.11. The molecule has 0 aliphatic carbocycles. The van der Waals surface area contributed by atoms with Crippen molar-refractivity contribution in [2.45, 2.75) is 46.7 Å². The van der Waals surface area contributed by atoms with Crippen LogP contribution in [-0.4, -0.2) is 15.5 Å². The molecule has 2 rings (SSSR count). The number of nitrogens with zero attached hydrogens (tertiary/aromatic N) is 2. The molecule has 1 aromatic carbocycles. The summed E-state index contributed by atoms with van der Waals surface area (Å²) in [5, 5.41) is 3.41. The third-order valence-corrected chi connectivity index (χ3v) is 3.12. The summed E-state index contributed by atoms with van der Waals surface area (Å²) in [6.07, 6.45) is 0. The number of hydrogen-bond acceptors (Lipinski definition) is 3. The Hall–Kier alpha value is -1.81. The Balaban J connectivity index is 2.32. The molecule has 0 aliphatic rings. The van der Waals surface area contributed by atoms with Crippen molar-refractivity contribution >= 4 is 0 Å². The maximum Gasteiger partial charge on any atom is 0.159 e. The first-order chi connectivity index (χ1) is 9.74. The van der Waals surface area contributed by atoms with Crippen molar-refractivity contribution in [1.29, 1.82) is 0 Å². The van der Waals surface area contributed by atoms with Gasteiger partial charge in [0, 0.05) is 23.3 Å². The first kappa shape index (κ1) is 15.6. The van der Waals surface area contributed by atoms with Crippen molar-refractivity contribution in [3.63, 3.8) is 0 Å². The van der Waals surface area contributed by atoms with Gasteiger partial charge in [0.2, 0.25) is 0 Å². The zero-order chi connectivity index (χ0) is 15.6. The summed E-state index contributed by atoms with van der Waals surface area (Å²) in [5.41, 5.74) is 3.33. The SMILES string of the molecule is Cc1cc(CNC(C)(C)C)nc(-c2ccc(F)c(C)c2)n1. The summed E-state index contributed by atoms with van der Waals surface area (Å²) in [5.74, 6) is 0.435. The zero-order valence-electron chi connectivity index (χ0n) is 13.3. The fourth-order valence-electron chi connectivity index (χ4n) is 1.99. The molecule has 0 aliphatic heterocycles. The van der Waals surface area contributed by atoms with Crippen molar-refractivity contribution in [3.8, 4) is 11.4 Å². The highest BCUT2D eigenvalue weighted by atomic mass is 19.1. The van der Waals surface area contributed by atoms with E-state index in [1.807, 2.05) is 13.0 Å². The molecule has 0 amide bonds. The maximum absolute atomic E-state index is 13.4. The van der Waals surface area contributed by atoms with Crippen LogP contribution in [0.3, 0.4) is 0 Å². The second-order valence-electron chi connectivity index (χ2n) is 6.39. The quantitative estimate of drug-likeness (QED) is 0.933. The van der Waals surface area contributed by atoms with Gasteiger partial charge in [-0.15, -0.1) is 0 Å². The highest BCUT2D eigenvalue weighted by Crippen LogP contribution is 2.19. The van der Waals surface area contributed by atoms with Crippen molar-refractivity contribution in [1.82, 2.24) is 15.3 Å². The van der Waals surface area contributed by atoms with Gasteiger partial charge in [0.1, 0.15) is 5.82 Å². The van der Waals surface area contributed by atoms with E-state index in [4.69, 9.17) is 0 Å². The predicted molar refractivity (Wildman–Crippen MR) is 83.5 cm³/mol. The number of benzene rings is 1. The van der Waals surface area contributed by atoms with Gasteiger partial charge in [-0.05, 0) is 64.4 Å². The lowest BCUT2D eigenvalue weighted by Crippen LogP contribution is -2.35. The number of hydrogen-bond donors (Lipinski definition) is 1. The fraction of sp³-hybridized carbons (Fsp3) is 0.412. The molecular weight excluding hydrogens is 265 g/mol. The Kier molecular flexibility index (Phi) is 4.37. The molecule has 4 heteroatoms. The van der Waals surface area contributed by atoms with E-state index in [2.05, 4.69) is 36.1 Å². The van der Waals surface area contributed by atoms with E-state index < -0.39 is 0 Å². The summed E-state index contributed by atoms with van der Waals surface area (Å²) in [4.78, 5) is 9.04. The van der Waals surface area contributed by atoms with E-state index in [9.17, 15) is 4.39 Å². The predicted octanol–water partition coefficient (Wildman–Crippen LogP) is 3.79. The zero-order valence-corrected chi connectivity index (χ0v) is 13.3. The molecular formula is C17H22FN3. The third-order valence-electron chi connectivity index (χ3n) is 3.12. The summed E-state index contributed by atoms with van der Waals surface area (Å²) >= 11 is 0. The number of aryl methyl sites for hydroxylation is 2. The molecule has 0 saturated heterocycles.